The molecule has 0 N–H and O–H groups in total. The second kappa shape index (κ2) is 8.21. The maximum Gasteiger partial charge on any atom is 0.338 e. The fourth-order valence-electron chi connectivity index (χ4n) is 4.87. The van der Waals surface area contributed by atoms with Gasteiger partial charge in [0.15, 0.2) is 5.82 Å². The van der Waals surface area contributed by atoms with Crippen LogP contribution in [-0.4, -0.2) is 38.7 Å². The van der Waals surface area contributed by atoms with Gasteiger partial charge >= 0.3 is 5.97 Å². The molecule has 0 bridgehead atoms. The van der Waals surface area contributed by atoms with E-state index in [1.807, 2.05) is 31.5 Å². The van der Waals surface area contributed by atoms with Crippen LogP contribution in [0.1, 0.15) is 62.5 Å². The molecule has 1 saturated heterocycles. The van der Waals surface area contributed by atoms with Gasteiger partial charge in [0, 0.05) is 36.6 Å². The Morgan fingerprint density at radius 3 is 2.97 bits per heavy atom. The molecular formula is C25H25N5O2. The van der Waals surface area contributed by atoms with Crippen molar-refractivity contribution in [2.45, 2.75) is 45.8 Å². The van der Waals surface area contributed by atoms with Gasteiger partial charge in [-0.1, -0.05) is 6.07 Å². The number of piperidine rings is 1. The molecule has 0 aliphatic carbocycles. The molecule has 2 aliphatic rings. The number of fused-ring (bicyclic) bond motifs is 1. The zero-order valence-electron chi connectivity index (χ0n) is 18.3. The van der Waals surface area contributed by atoms with E-state index in [1.165, 1.54) is 11.1 Å². The summed E-state index contributed by atoms with van der Waals surface area (Å²) in [6, 6.07) is 8.08. The summed E-state index contributed by atoms with van der Waals surface area (Å²) in [7, 11) is 0. The third-order valence-electron chi connectivity index (χ3n) is 6.65. The van der Waals surface area contributed by atoms with Gasteiger partial charge in [0.05, 0.1) is 17.3 Å². The summed E-state index contributed by atoms with van der Waals surface area (Å²) >= 11 is 0. The zero-order chi connectivity index (χ0) is 22.2. The molecule has 4 heterocycles. The topological polar surface area (TPSA) is 84.0 Å². The Morgan fingerprint density at radius 1 is 1.28 bits per heavy atom. The molecule has 5 rings (SSSR count). The highest BCUT2D eigenvalue weighted by Gasteiger charge is 2.28. The lowest BCUT2D eigenvalue weighted by Gasteiger charge is -2.33. The third kappa shape index (κ3) is 3.67. The van der Waals surface area contributed by atoms with Crippen LogP contribution in [0.3, 0.4) is 0 Å². The van der Waals surface area contributed by atoms with Crippen LogP contribution in [0.15, 0.2) is 36.8 Å². The highest BCUT2D eigenvalue weighted by atomic mass is 16.5. The third-order valence-corrected chi connectivity index (χ3v) is 6.65. The predicted octanol–water partition coefficient (Wildman–Crippen LogP) is 3.81. The SMILES string of the molecule is Cc1cc(-n2cc(CN3CCCC(c4ccc5c(c4C)COC5=O)C3)cn2)ncc1C#N. The molecule has 3 aromatic rings. The largest absolute Gasteiger partial charge is 0.457 e. The average Bonchev–Trinajstić information content (AvgIpc) is 3.41. The number of benzene rings is 1. The summed E-state index contributed by atoms with van der Waals surface area (Å²) in [6.07, 6.45) is 7.79. The van der Waals surface area contributed by atoms with Gasteiger partial charge in [-0.3, -0.25) is 4.90 Å². The molecule has 1 fully saturated rings. The van der Waals surface area contributed by atoms with Gasteiger partial charge in [-0.2, -0.15) is 10.4 Å². The second-order valence-electron chi connectivity index (χ2n) is 8.72. The van der Waals surface area contributed by atoms with Crippen LogP contribution in [0.4, 0.5) is 0 Å². The first-order chi connectivity index (χ1) is 15.5. The van der Waals surface area contributed by atoms with Crippen molar-refractivity contribution >= 4 is 5.97 Å². The van der Waals surface area contributed by atoms with Crippen LogP contribution >= 0.6 is 0 Å². The number of hydrogen-bond donors (Lipinski definition) is 0. The van der Waals surface area contributed by atoms with Crippen molar-refractivity contribution in [2.24, 2.45) is 0 Å². The normalized spacial score (nSPS) is 18.3. The Bertz CT molecular complexity index is 1240. The number of aromatic nitrogens is 3. The summed E-state index contributed by atoms with van der Waals surface area (Å²) in [5, 5.41) is 13.6. The molecule has 1 aromatic carbocycles. The molecule has 0 radical (unpaired) electrons. The number of nitriles is 1. The van der Waals surface area contributed by atoms with Gasteiger partial charge in [0.2, 0.25) is 0 Å². The number of aryl methyl sites for hydroxylation is 1. The number of rotatable bonds is 4. The van der Waals surface area contributed by atoms with Crippen molar-refractivity contribution in [3.05, 3.63) is 75.7 Å². The highest BCUT2D eigenvalue weighted by Crippen LogP contribution is 2.34. The van der Waals surface area contributed by atoms with E-state index in [1.54, 1.807) is 10.9 Å². The van der Waals surface area contributed by atoms with Crippen LogP contribution in [-0.2, 0) is 17.9 Å². The van der Waals surface area contributed by atoms with E-state index in [0.29, 0.717) is 18.1 Å². The molecule has 7 nitrogen and oxygen atoms in total. The monoisotopic (exact) mass is 427 g/mol. The van der Waals surface area contributed by atoms with Gasteiger partial charge in [0.1, 0.15) is 12.7 Å². The number of carbonyl (C=O) groups excluding carboxylic acids is 1. The lowest BCUT2D eigenvalue weighted by molar-refractivity contribution is 0.0535. The van der Waals surface area contributed by atoms with Gasteiger partial charge < -0.3 is 4.74 Å². The van der Waals surface area contributed by atoms with Gasteiger partial charge in [0.25, 0.3) is 0 Å². The van der Waals surface area contributed by atoms with E-state index in [2.05, 4.69) is 34.0 Å². The van der Waals surface area contributed by atoms with E-state index >= 15 is 0 Å². The molecule has 7 heteroatoms. The van der Waals surface area contributed by atoms with E-state index in [0.717, 1.165) is 60.5 Å². The van der Waals surface area contributed by atoms with E-state index in [9.17, 15) is 4.79 Å². The van der Waals surface area contributed by atoms with Crippen molar-refractivity contribution in [3.63, 3.8) is 0 Å². The van der Waals surface area contributed by atoms with Crippen molar-refractivity contribution in [1.82, 2.24) is 19.7 Å². The summed E-state index contributed by atoms with van der Waals surface area (Å²) in [5.74, 6) is 0.960. The Hall–Kier alpha value is -3.50. The number of hydrogen-bond acceptors (Lipinski definition) is 6. The van der Waals surface area contributed by atoms with Gasteiger partial charge in [-0.05, 0) is 68.0 Å². The Kier molecular flexibility index (Phi) is 5.24. The highest BCUT2D eigenvalue weighted by molar-refractivity contribution is 5.94. The molecule has 0 spiro atoms. The van der Waals surface area contributed by atoms with E-state index < -0.39 is 0 Å². The Labute approximate surface area is 187 Å². The quantitative estimate of drug-likeness (QED) is 0.589. The first-order valence-corrected chi connectivity index (χ1v) is 11.0. The van der Waals surface area contributed by atoms with Gasteiger partial charge in [-0.25, -0.2) is 14.5 Å². The molecule has 0 amide bonds. The zero-order valence-corrected chi connectivity index (χ0v) is 18.3. The molecule has 2 aliphatic heterocycles. The number of ether oxygens (including phenoxy) is 1. The average molecular weight is 428 g/mol. The molecular weight excluding hydrogens is 402 g/mol. The summed E-state index contributed by atoms with van der Waals surface area (Å²) in [5.41, 5.74) is 6.92. The summed E-state index contributed by atoms with van der Waals surface area (Å²) in [6.45, 7) is 7.29. The maximum absolute atomic E-state index is 11.9. The minimum absolute atomic E-state index is 0.205. The fraction of sp³-hybridized carbons (Fsp3) is 0.360. The smallest absolute Gasteiger partial charge is 0.338 e. The van der Waals surface area contributed by atoms with Crippen molar-refractivity contribution < 1.29 is 9.53 Å². The predicted molar refractivity (Wildman–Crippen MR) is 118 cm³/mol. The van der Waals surface area contributed by atoms with Crippen molar-refractivity contribution in [1.29, 1.82) is 5.26 Å². The molecule has 2 aromatic heterocycles. The fourth-order valence-corrected chi connectivity index (χ4v) is 4.87. The molecule has 32 heavy (non-hydrogen) atoms. The summed E-state index contributed by atoms with van der Waals surface area (Å²) in [4.78, 5) is 18.7. The van der Waals surface area contributed by atoms with Crippen molar-refractivity contribution in [3.8, 4) is 11.9 Å². The second-order valence-corrected chi connectivity index (χ2v) is 8.72. The van der Waals surface area contributed by atoms with Crippen LogP contribution in [0.25, 0.3) is 5.82 Å². The molecule has 0 saturated carbocycles. The number of likely N-dealkylation sites (tertiary alicyclic amines) is 1. The Morgan fingerprint density at radius 2 is 2.16 bits per heavy atom. The standard InChI is InChI=1S/C25H25N5O2/c1-16-8-24(27-11-20(16)9-26)30-13-18(10-28-30)12-29-7-3-4-19(14-29)21-5-6-22-23(17(21)2)15-32-25(22)31/h5-6,8,10-11,13,19H,3-4,7,12,14-15H2,1-2H3. The van der Waals surface area contributed by atoms with Crippen LogP contribution in [0.2, 0.25) is 0 Å². The lowest BCUT2D eigenvalue weighted by Crippen LogP contribution is -2.34. The number of nitrogens with zero attached hydrogens (tertiary/aromatic N) is 5. The van der Waals surface area contributed by atoms with E-state index in [-0.39, 0.29) is 5.97 Å². The number of pyridine rings is 1. The first-order valence-electron chi connectivity index (χ1n) is 11.0. The minimum atomic E-state index is -0.205. The number of cyclic esters (lactones) is 1. The first kappa shape index (κ1) is 20.4. The summed E-state index contributed by atoms with van der Waals surface area (Å²) < 4.78 is 7.00. The van der Waals surface area contributed by atoms with E-state index in [4.69, 9.17) is 10.00 Å². The maximum atomic E-state index is 11.9. The molecule has 1 unspecified atom stereocenters. The Balaban J connectivity index is 1.30. The molecule has 1 atom stereocenters. The van der Waals surface area contributed by atoms with Gasteiger partial charge in [-0.15, -0.1) is 0 Å². The number of carbonyl (C=O) groups is 1. The van der Waals surface area contributed by atoms with Crippen LogP contribution in [0, 0.1) is 25.2 Å². The lowest BCUT2D eigenvalue weighted by atomic mass is 9.85. The van der Waals surface area contributed by atoms with Crippen molar-refractivity contribution in [2.75, 3.05) is 13.1 Å². The van der Waals surface area contributed by atoms with Crippen LogP contribution < -0.4 is 0 Å². The van der Waals surface area contributed by atoms with Crippen LogP contribution in [0.5, 0.6) is 0 Å². The number of esters is 1. The minimum Gasteiger partial charge on any atom is -0.457 e. The molecule has 162 valence electrons.